The molecule has 0 unspecified atom stereocenters. The Morgan fingerprint density at radius 1 is 0.917 bits per heavy atom. The van der Waals surface area contributed by atoms with Crippen molar-refractivity contribution in [3.05, 3.63) is 58.1 Å². The number of aromatic hydroxyl groups is 1. The molecule has 3 aromatic rings. The average Bonchev–Trinajstić information content (AvgIpc) is 3.00. The van der Waals surface area contributed by atoms with Gasteiger partial charge in [0.15, 0.2) is 28.7 Å². The predicted molar refractivity (Wildman–Crippen MR) is 129 cm³/mol. The number of carbonyl (C=O) groups excluding carboxylic acids is 1. The van der Waals surface area contributed by atoms with Crippen molar-refractivity contribution in [2.45, 2.75) is 20.4 Å². The molecular formula is C26H25NO9. The van der Waals surface area contributed by atoms with Crippen molar-refractivity contribution in [1.29, 1.82) is 0 Å². The molecule has 0 bridgehead atoms. The fourth-order valence-corrected chi connectivity index (χ4v) is 4.03. The predicted octanol–water partition coefficient (Wildman–Crippen LogP) is 4.67. The van der Waals surface area contributed by atoms with E-state index in [1.54, 1.807) is 32.0 Å². The zero-order valence-corrected chi connectivity index (χ0v) is 20.3. The number of phenolic OH excluding ortho intramolecular Hbond substituents is 1. The van der Waals surface area contributed by atoms with Gasteiger partial charge in [-0.1, -0.05) is 0 Å². The number of hydrogen-bond acceptors (Lipinski definition) is 9. The maximum Gasteiger partial charge on any atom is 0.347 e. The maximum absolute atomic E-state index is 13.2. The van der Waals surface area contributed by atoms with Crippen LogP contribution in [0.4, 0.5) is 5.69 Å². The van der Waals surface area contributed by atoms with E-state index in [0.29, 0.717) is 28.3 Å². The highest BCUT2D eigenvalue weighted by Gasteiger charge is 2.34. The van der Waals surface area contributed by atoms with Crippen molar-refractivity contribution >= 4 is 17.6 Å². The highest BCUT2D eigenvalue weighted by Crippen LogP contribution is 2.48. The SMILES string of the molecule is COc1ccc(NCc2c(O)cc(C)c3c2Oc2c(C(=O)O)cc(OC)c(C)c2OC3=O)cc1OC. The standard InChI is InChI=1S/C26H25NO9/c1-12-8-17(28)16(11-27-14-6-7-18(32-3)20(9-14)34-5)23-21(12)26(31)36-22-13(2)19(33-4)10-15(25(29)30)24(22)35-23/h6-10,27-28H,11H2,1-5H3,(H,29,30). The molecule has 10 nitrogen and oxygen atoms in total. The topological polar surface area (TPSA) is 133 Å². The molecule has 188 valence electrons. The molecule has 0 aromatic heterocycles. The Kier molecular flexibility index (Phi) is 6.52. The van der Waals surface area contributed by atoms with Gasteiger partial charge in [-0.2, -0.15) is 0 Å². The van der Waals surface area contributed by atoms with Crippen molar-refractivity contribution in [1.82, 2.24) is 0 Å². The highest BCUT2D eigenvalue weighted by atomic mass is 16.6. The molecular weight excluding hydrogens is 470 g/mol. The van der Waals surface area contributed by atoms with Gasteiger partial charge in [0.2, 0.25) is 0 Å². The Bertz CT molecular complexity index is 1380. The molecule has 4 rings (SSSR count). The number of carboxylic acids is 1. The second-order valence-corrected chi connectivity index (χ2v) is 8.02. The van der Waals surface area contributed by atoms with Gasteiger partial charge in [-0.25, -0.2) is 9.59 Å². The van der Waals surface area contributed by atoms with Gasteiger partial charge in [0, 0.05) is 23.9 Å². The van der Waals surface area contributed by atoms with Crippen LogP contribution in [0.1, 0.15) is 37.4 Å². The first-order chi connectivity index (χ1) is 17.2. The first-order valence-corrected chi connectivity index (χ1v) is 10.9. The van der Waals surface area contributed by atoms with Crippen molar-refractivity contribution in [2.24, 2.45) is 0 Å². The van der Waals surface area contributed by atoms with Gasteiger partial charge in [-0.3, -0.25) is 0 Å². The molecule has 0 saturated carbocycles. The summed E-state index contributed by atoms with van der Waals surface area (Å²) in [5.41, 5.74) is 1.49. The molecule has 0 atom stereocenters. The first-order valence-electron chi connectivity index (χ1n) is 10.9. The van der Waals surface area contributed by atoms with E-state index in [9.17, 15) is 19.8 Å². The van der Waals surface area contributed by atoms with E-state index in [0.717, 1.165) is 0 Å². The highest BCUT2D eigenvalue weighted by molar-refractivity contribution is 6.00. The van der Waals surface area contributed by atoms with Crippen LogP contribution in [0, 0.1) is 13.8 Å². The fraction of sp³-hybridized carbons (Fsp3) is 0.231. The summed E-state index contributed by atoms with van der Waals surface area (Å²) in [6, 6.07) is 7.92. The number of esters is 1. The quantitative estimate of drug-likeness (QED) is 0.314. The molecule has 3 N–H and O–H groups in total. The minimum atomic E-state index is -1.30. The molecule has 0 aliphatic carbocycles. The molecule has 0 amide bonds. The van der Waals surface area contributed by atoms with E-state index in [1.165, 1.54) is 33.5 Å². The Balaban J connectivity index is 1.83. The summed E-state index contributed by atoms with van der Waals surface area (Å²) in [5, 5.41) is 23.8. The van der Waals surface area contributed by atoms with E-state index in [-0.39, 0.29) is 52.0 Å². The number of phenols is 1. The van der Waals surface area contributed by atoms with Gasteiger partial charge in [0.05, 0.1) is 26.9 Å². The number of carboxylic acid groups (broad SMARTS) is 1. The lowest BCUT2D eigenvalue weighted by atomic mass is 10.0. The lowest BCUT2D eigenvalue weighted by Crippen LogP contribution is -2.12. The average molecular weight is 495 g/mol. The van der Waals surface area contributed by atoms with Crippen LogP contribution in [0.5, 0.6) is 40.2 Å². The van der Waals surface area contributed by atoms with Crippen molar-refractivity contribution in [2.75, 3.05) is 26.6 Å². The first kappa shape index (κ1) is 24.5. The number of aryl methyl sites for hydroxylation is 1. The van der Waals surface area contributed by atoms with Crippen molar-refractivity contribution in [3.8, 4) is 40.2 Å². The third-order valence-corrected chi connectivity index (χ3v) is 5.90. The summed E-state index contributed by atoms with van der Waals surface area (Å²) in [7, 11) is 4.43. The number of fused-ring (bicyclic) bond motifs is 2. The van der Waals surface area contributed by atoms with Crippen molar-refractivity contribution < 1.29 is 43.5 Å². The summed E-state index contributed by atoms with van der Waals surface area (Å²) in [4.78, 5) is 25.2. The number of rotatable bonds is 7. The van der Waals surface area contributed by atoms with Crippen LogP contribution in [0.3, 0.4) is 0 Å². The van der Waals surface area contributed by atoms with Gasteiger partial charge >= 0.3 is 11.9 Å². The Hall–Kier alpha value is -4.60. The molecule has 1 aliphatic heterocycles. The number of anilines is 1. The van der Waals surface area contributed by atoms with Crippen LogP contribution in [0.2, 0.25) is 0 Å². The zero-order valence-electron chi connectivity index (χ0n) is 20.3. The van der Waals surface area contributed by atoms with E-state index in [2.05, 4.69) is 5.32 Å². The van der Waals surface area contributed by atoms with Gasteiger partial charge in [0.1, 0.15) is 22.6 Å². The lowest BCUT2D eigenvalue weighted by Gasteiger charge is -2.18. The number of benzene rings is 3. The Labute approximate surface area is 206 Å². The van der Waals surface area contributed by atoms with Crippen LogP contribution in [-0.4, -0.2) is 43.5 Å². The molecule has 3 aromatic carbocycles. The number of carbonyl (C=O) groups is 2. The van der Waals surface area contributed by atoms with E-state index in [1.807, 2.05) is 0 Å². The molecule has 0 saturated heterocycles. The van der Waals surface area contributed by atoms with Gasteiger partial charge in [0.25, 0.3) is 0 Å². The maximum atomic E-state index is 13.2. The summed E-state index contributed by atoms with van der Waals surface area (Å²) < 4.78 is 27.5. The van der Waals surface area contributed by atoms with E-state index >= 15 is 0 Å². The van der Waals surface area contributed by atoms with Crippen LogP contribution < -0.4 is 29.0 Å². The molecule has 0 radical (unpaired) electrons. The number of nitrogens with one attached hydrogen (secondary N) is 1. The smallest absolute Gasteiger partial charge is 0.347 e. The van der Waals surface area contributed by atoms with Crippen LogP contribution in [-0.2, 0) is 6.54 Å². The van der Waals surface area contributed by atoms with Gasteiger partial charge < -0.3 is 39.2 Å². The molecule has 1 heterocycles. The zero-order chi connectivity index (χ0) is 26.1. The lowest BCUT2D eigenvalue weighted by molar-refractivity contribution is 0.0685. The van der Waals surface area contributed by atoms with E-state index in [4.69, 9.17) is 23.7 Å². The summed E-state index contributed by atoms with van der Waals surface area (Å²) in [5.74, 6) is -1.15. The monoisotopic (exact) mass is 495 g/mol. The third-order valence-electron chi connectivity index (χ3n) is 5.90. The summed E-state index contributed by atoms with van der Waals surface area (Å²) in [6.45, 7) is 3.28. The number of ether oxygens (including phenoxy) is 5. The Morgan fingerprint density at radius 2 is 1.61 bits per heavy atom. The van der Waals surface area contributed by atoms with Gasteiger partial charge in [-0.15, -0.1) is 0 Å². The number of methoxy groups -OCH3 is 3. The second-order valence-electron chi connectivity index (χ2n) is 8.02. The summed E-state index contributed by atoms with van der Waals surface area (Å²) >= 11 is 0. The molecule has 1 aliphatic rings. The number of hydrogen-bond donors (Lipinski definition) is 3. The van der Waals surface area contributed by atoms with Crippen molar-refractivity contribution in [3.63, 3.8) is 0 Å². The fourth-order valence-electron chi connectivity index (χ4n) is 4.03. The van der Waals surface area contributed by atoms with Crippen LogP contribution in [0.15, 0.2) is 30.3 Å². The Morgan fingerprint density at radius 3 is 2.25 bits per heavy atom. The van der Waals surface area contributed by atoms with E-state index < -0.39 is 11.9 Å². The summed E-state index contributed by atoms with van der Waals surface area (Å²) in [6.07, 6.45) is 0. The minimum absolute atomic E-state index is 0.00343. The third kappa shape index (κ3) is 4.17. The molecule has 0 spiro atoms. The molecule has 0 fully saturated rings. The molecule has 36 heavy (non-hydrogen) atoms. The van der Waals surface area contributed by atoms with Gasteiger partial charge in [-0.05, 0) is 43.7 Å². The normalized spacial score (nSPS) is 11.9. The minimum Gasteiger partial charge on any atom is -0.507 e. The second kappa shape index (κ2) is 9.57. The van der Waals surface area contributed by atoms with Crippen LogP contribution >= 0.6 is 0 Å². The van der Waals surface area contributed by atoms with Crippen LogP contribution in [0.25, 0.3) is 0 Å². The largest absolute Gasteiger partial charge is 0.507 e. The number of aromatic carboxylic acids is 1. The molecule has 10 heteroatoms.